The molecule has 3 aromatic heterocycles. The van der Waals surface area contributed by atoms with Gasteiger partial charge in [-0.05, 0) is 63.3 Å². The molecule has 190 valence electrons. The molecule has 0 spiro atoms. The number of H-pyrrole nitrogens is 1. The quantitative estimate of drug-likeness (QED) is 0.319. The van der Waals surface area contributed by atoms with E-state index in [9.17, 15) is 9.59 Å². The van der Waals surface area contributed by atoms with E-state index in [4.69, 9.17) is 4.98 Å². The standard InChI is InChI=1S/C27H35N7O2/c1-4-5-6-12-28-18-7-9-19(10-8-18)34-25-23(33(3)27(34)36)16-30-26(32-25)31-21-15-20-22(14-17(21)2)29-13-11-24(20)35/h11,13-16,18-19,28H,4-10,12H2,1-3H3,(H,29,35)(H,30,31,32). The number of nitrogens with one attached hydrogen (secondary N) is 3. The fourth-order valence-electron chi connectivity index (χ4n) is 5.33. The molecule has 1 fully saturated rings. The second kappa shape index (κ2) is 10.3. The van der Waals surface area contributed by atoms with E-state index >= 15 is 0 Å². The number of imidazole rings is 1. The normalized spacial score (nSPS) is 18.2. The Morgan fingerprint density at radius 3 is 2.72 bits per heavy atom. The van der Waals surface area contributed by atoms with E-state index in [0.29, 0.717) is 23.0 Å². The summed E-state index contributed by atoms with van der Waals surface area (Å²) in [6.07, 6.45) is 11.1. The van der Waals surface area contributed by atoms with Crippen molar-refractivity contribution < 1.29 is 0 Å². The van der Waals surface area contributed by atoms with E-state index in [0.717, 1.165) is 54.5 Å². The van der Waals surface area contributed by atoms with Crippen molar-refractivity contribution in [1.82, 2.24) is 29.4 Å². The molecule has 0 atom stereocenters. The zero-order chi connectivity index (χ0) is 25.2. The number of aromatic nitrogens is 5. The summed E-state index contributed by atoms with van der Waals surface area (Å²) in [7, 11) is 1.78. The Kier molecular flexibility index (Phi) is 6.91. The zero-order valence-electron chi connectivity index (χ0n) is 21.3. The van der Waals surface area contributed by atoms with Crippen LogP contribution in [0.2, 0.25) is 0 Å². The smallest absolute Gasteiger partial charge is 0.330 e. The van der Waals surface area contributed by atoms with Crippen LogP contribution in [-0.4, -0.2) is 36.7 Å². The van der Waals surface area contributed by atoms with Crippen molar-refractivity contribution in [3.63, 3.8) is 0 Å². The van der Waals surface area contributed by atoms with Crippen molar-refractivity contribution >= 4 is 33.7 Å². The highest BCUT2D eigenvalue weighted by Crippen LogP contribution is 2.30. The van der Waals surface area contributed by atoms with E-state index in [1.807, 2.05) is 23.6 Å². The SMILES string of the molecule is CCCCCNC1CCC(n2c(=O)n(C)c3cnc(Nc4cc5c(=O)cc[nH]c5cc4C)nc32)CC1. The number of nitrogens with zero attached hydrogens (tertiary/aromatic N) is 4. The summed E-state index contributed by atoms with van der Waals surface area (Å²) < 4.78 is 3.49. The van der Waals surface area contributed by atoms with Crippen LogP contribution < -0.4 is 21.8 Å². The maximum absolute atomic E-state index is 13.2. The minimum atomic E-state index is -0.0516. The Balaban J connectivity index is 1.40. The first-order valence-electron chi connectivity index (χ1n) is 13.0. The van der Waals surface area contributed by atoms with Crippen molar-refractivity contribution in [2.75, 3.05) is 11.9 Å². The average Bonchev–Trinajstić information content (AvgIpc) is 3.12. The number of aromatic amines is 1. The van der Waals surface area contributed by atoms with Gasteiger partial charge in [-0.1, -0.05) is 19.8 Å². The summed E-state index contributed by atoms with van der Waals surface area (Å²) in [5, 5.41) is 7.56. The van der Waals surface area contributed by atoms with E-state index < -0.39 is 0 Å². The highest BCUT2D eigenvalue weighted by Gasteiger charge is 2.26. The highest BCUT2D eigenvalue weighted by atomic mass is 16.1. The molecule has 0 aliphatic heterocycles. The molecule has 3 N–H and O–H groups in total. The summed E-state index contributed by atoms with van der Waals surface area (Å²) in [6, 6.07) is 5.92. The molecule has 4 aromatic rings. The third kappa shape index (κ3) is 4.67. The monoisotopic (exact) mass is 489 g/mol. The largest absolute Gasteiger partial charge is 0.361 e. The molecule has 0 radical (unpaired) electrons. The first-order chi connectivity index (χ1) is 17.5. The fraction of sp³-hybridized carbons (Fsp3) is 0.481. The topological polar surface area (TPSA) is 110 Å². The first-order valence-corrected chi connectivity index (χ1v) is 13.0. The van der Waals surface area contributed by atoms with Crippen LogP contribution in [-0.2, 0) is 7.05 Å². The van der Waals surface area contributed by atoms with Gasteiger partial charge in [0.25, 0.3) is 0 Å². The van der Waals surface area contributed by atoms with Gasteiger partial charge in [0, 0.05) is 48.0 Å². The van der Waals surface area contributed by atoms with Gasteiger partial charge in [-0.3, -0.25) is 13.9 Å². The molecule has 1 saturated carbocycles. The Bertz CT molecular complexity index is 1490. The Morgan fingerprint density at radius 2 is 1.94 bits per heavy atom. The summed E-state index contributed by atoms with van der Waals surface area (Å²) >= 11 is 0. The first kappa shape index (κ1) is 24.2. The van der Waals surface area contributed by atoms with Crippen molar-refractivity contribution in [3.05, 3.63) is 56.9 Å². The molecule has 1 aliphatic carbocycles. The minimum Gasteiger partial charge on any atom is -0.361 e. The number of benzene rings is 1. The van der Waals surface area contributed by atoms with Gasteiger partial charge in [0.1, 0.15) is 5.52 Å². The molecule has 9 heteroatoms. The van der Waals surface area contributed by atoms with Gasteiger partial charge in [-0.25, -0.2) is 9.78 Å². The van der Waals surface area contributed by atoms with E-state index in [-0.39, 0.29) is 17.2 Å². The molecule has 0 unspecified atom stereocenters. The second-order valence-corrected chi connectivity index (χ2v) is 9.96. The van der Waals surface area contributed by atoms with Crippen molar-refractivity contribution in [2.45, 2.75) is 70.9 Å². The molecule has 1 aliphatic rings. The molecule has 0 amide bonds. The Labute approximate surface area is 210 Å². The van der Waals surface area contributed by atoms with Crippen LogP contribution in [0.15, 0.2) is 40.2 Å². The summed E-state index contributed by atoms with van der Waals surface area (Å²) in [5.41, 5.74) is 3.78. The van der Waals surface area contributed by atoms with Gasteiger partial charge < -0.3 is 15.6 Å². The molecule has 1 aromatic carbocycles. The van der Waals surface area contributed by atoms with Gasteiger partial charge in [0.15, 0.2) is 11.1 Å². The number of hydrogen-bond acceptors (Lipinski definition) is 6. The van der Waals surface area contributed by atoms with Crippen LogP contribution in [0.1, 0.15) is 63.5 Å². The third-order valence-electron chi connectivity index (χ3n) is 7.46. The van der Waals surface area contributed by atoms with Crippen LogP contribution in [0.3, 0.4) is 0 Å². The average molecular weight is 490 g/mol. The highest BCUT2D eigenvalue weighted by molar-refractivity contribution is 5.85. The molecule has 36 heavy (non-hydrogen) atoms. The van der Waals surface area contributed by atoms with Gasteiger partial charge in [-0.2, -0.15) is 4.98 Å². The lowest BCUT2D eigenvalue weighted by molar-refractivity contribution is 0.289. The number of fused-ring (bicyclic) bond motifs is 2. The minimum absolute atomic E-state index is 0.0458. The number of hydrogen-bond donors (Lipinski definition) is 3. The van der Waals surface area contributed by atoms with Crippen molar-refractivity contribution in [3.8, 4) is 0 Å². The van der Waals surface area contributed by atoms with Crippen LogP contribution in [0, 0.1) is 6.92 Å². The molecule has 0 bridgehead atoms. The van der Waals surface area contributed by atoms with Crippen molar-refractivity contribution in [1.29, 1.82) is 0 Å². The number of aryl methyl sites for hydroxylation is 2. The number of pyridine rings is 1. The molecular weight excluding hydrogens is 454 g/mol. The van der Waals surface area contributed by atoms with E-state index in [2.05, 4.69) is 27.5 Å². The van der Waals surface area contributed by atoms with Crippen LogP contribution in [0.5, 0.6) is 0 Å². The lowest BCUT2D eigenvalue weighted by Crippen LogP contribution is -2.36. The molecule has 5 rings (SSSR count). The molecule has 0 saturated heterocycles. The van der Waals surface area contributed by atoms with E-state index in [1.165, 1.54) is 25.3 Å². The summed E-state index contributed by atoms with van der Waals surface area (Å²) in [4.78, 5) is 37.9. The Hall–Kier alpha value is -3.46. The van der Waals surface area contributed by atoms with Crippen LogP contribution >= 0.6 is 0 Å². The predicted molar refractivity (Wildman–Crippen MR) is 144 cm³/mol. The maximum Gasteiger partial charge on any atom is 0.330 e. The van der Waals surface area contributed by atoms with E-state index in [1.54, 1.807) is 24.0 Å². The van der Waals surface area contributed by atoms with Gasteiger partial charge >= 0.3 is 5.69 Å². The van der Waals surface area contributed by atoms with Crippen molar-refractivity contribution in [2.24, 2.45) is 7.05 Å². The Morgan fingerprint density at radius 1 is 1.14 bits per heavy atom. The number of unbranched alkanes of at least 4 members (excludes halogenated alkanes) is 2. The number of rotatable bonds is 8. The number of anilines is 2. The third-order valence-corrected chi connectivity index (χ3v) is 7.46. The fourth-order valence-corrected chi connectivity index (χ4v) is 5.33. The summed E-state index contributed by atoms with van der Waals surface area (Å²) in [6.45, 7) is 5.26. The lowest BCUT2D eigenvalue weighted by Gasteiger charge is -2.29. The molecule has 3 heterocycles. The molecular formula is C27H35N7O2. The zero-order valence-corrected chi connectivity index (χ0v) is 21.3. The van der Waals surface area contributed by atoms with Gasteiger partial charge in [0.05, 0.1) is 6.20 Å². The second-order valence-electron chi connectivity index (χ2n) is 9.96. The van der Waals surface area contributed by atoms with Gasteiger partial charge in [-0.15, -0.1) is 0 Å². The summed E-state index contributed by atoms with van der Waals surface area (Å²) in [5.74, 6) is 0.405. The van der Waals surface area contributed by atoms with Crippen LogP contribution in [0.4, 0.5) is 11.6 Å². The molecule has 9 nitrogen and oxygen atoms in total. The lowest BCUT2D eigenvalue weighted by atomic mass is 9.91. The van der Waals surface area contributed by atoms with Crippen LogP contribution in [0.25, 0.3) is 22.1 Å². The van der Waals surface area contributed by atoms with Gasteiger partial charge in [0.2, 0.25) is 5.95 Å². The maximum atomic E-state index is 13.2. The predicted octanol–water partition coefficient (Wildman–Crippen LogP) is 4.29.